The molecule has 20 heavy (non-hydrogen) atoms. The van der Waals surface area contributed by atoms with E-state index in [2.05, 4.69) is 32.3 Å². The Bertz CT molecular complexity index is 747. The van der Waals surface area contributed by atoms with Gasteiger partial charge in [0.15, 0.2) is 6.20 Å². The maximum absolute atomic E-state index is 12.1. The highest BCUT2D eigenvalue weighted by Crippen LogP contribution is 2.18. The third-order valence-electron chi connectivity index (χ3n) is 2.29. The molecule has 0 amide bonds. The van der Waals surface area contributed by atoms with Gasteiger partial charge in [0.1, 0.15) is 4.90 Å². The number of aromatic nitrogens is 1. The van der Waals surface area contributed by atoms with Gasteiger partial charge in [-0.2, -0.15) is 0 Å². The number of pyridine rings is 1. The fourth-order valence-electron chi connectivity index (χ4n) is 1.41. The summed E-state index contributed by atoms with van der Waals surface area (Å²) in [5.41, 5.74) is 0.412. The van der Waals surface area contributed by atoms with Crippen LogP contribution in [0.3, 0.4) is 0 Å². The van der Waals surface area contributed by atoms with Crippen LogP contribution in [0.4, 0.5) is 11.5 Å². The van der Waals surface area contributed by atoms with Crippen molar-refractivity contribution in [2.24, 2.45) is 0 Å². The summed E-state index contributed by atoms with van der Waals surface area (Å²) in [5, 5.41) is 10.5. The van der Waals surface area contributed by atoms with Gasteiger partial charge in [0.05, 0.1) is 0 Å². The van der Waals surface area contributed by atoms with Gasteiger partial charge in [-0.25, -0.2) is 8.42 Å². The highest BCUT2D eigenvalue weighted by Gasteiger charge is 2.18. The molecule has 1 heterocycles. The maximum Gasteiger partial charge on any atom is 0.363 e. The van der Waals surface area contributed by atoms with Gasteiger partial charge in [-0.05, 0) is 56.8 Å². The number of hydrogen-bond donors (Lipinski definition) is 1. The van der Waals surface area contributed by atoms with Crippen LogP contribution in [0, 0.1) is 13.7 Å². The number of hydrogen-bond acceptors (Lipinski definition) is 5. The summed E-state index contributed by atoms with van der Waals surface area (Å²) in [5.74, 6) is -0.404. The van der Waals surface area contributed by atoms with E-state index in [4.69, 9.17) is 0 Å². The number of nitro groups is 1. The van der Waals surface area contributed by atoms with Gasteiger partial charge in [-0.15, -0.1) is 0 Å². The Morgan fingerprint density at radius 2 is 2.00 bits per heavy atom. The second-order valence-electron chi connectivity index (χ2n) is 3.73. The number of nitrogens with one attached hydrogen (secondary N) is 1. The van der Waals surface area contributed by atoms with Gasteiger partial charge in [0.2, 0.25) is 0 Å². The van der Waals surface area contributed by atoms with E-state index in [9.17, 15) is 18.5 Å². The van der Waals surface area contributed by atoms with E-state index in [0.29, 0.717) is 5.69 Å². The molecule has 1 N–H and O–H groups in total. The third kappa shape index (κ3) is 3.42. The second-order valence-corrected chi connectivity index (χ2v) is 6.65. The molecule has 9 heteroatoms. The zero-order valence-electron chi connectivity index (χ0n) is 9.86. The minimum absolute atomic E-state index is 0.137. The average Bonchev–Trinajstić information content (AvgIpc) is 2.38. The molecule has 104 valence electrons. The molecule has 0 aliphatic heterocycles. The van der Waals surface area contributed by atoms with E-state index < -0.39 is 20.8 Å². The molecule has 0 spiro atoms. The zero-order valence-corrected chi connectivity index (χ0v) is 12.8. The highest BCUT2D eigenvalue weighted by molar-refractivity contribution is 14.1. The van der Waals surface area contributed by atoms with Crippen molar-refractivity contribution in [2.75, 3.05) is 4.72 Å². The van der Waals surface area contributed by atoms with Gasteiger partial charge < -0.3 is 10.1 Å². The van der Waals surface area contributed by atoms with Crippen LogP contribution >= 0.6 is 22.6 Å². The Hall–Kier alpha value is -1.75. The Morgan fingerprint density at radius 3 is 2.55 bits per heavy atom. The van der Waals surface area contributed by atoms with Crippen molar-refractivity contribution in [2.45, 2.75) is 4.90 Å². The Balaban J connectivity index is 2.28. The van der Waals surface area contributed by atoms with Crippen LogP contribution in [-0.4, -0.2) is 18.3 Å². The molecule has 0 radical (unpaired) electrons. The summed E-state index contributed by atoms with van der Waals surface area (Å²) in [6.07, 6.45) is 0.953. The molecule has 0 bridgehead atoms. The molecule has 0 aliphatic carbocycles. The lowest BCUT2D eigenvalue weighted by Gasteiger charge is -2.07. The summed E-state index contributed by atoms with van der Waals surface area (Å²) in [7, 11) is -3.81. The summed E-state index contributed by atoms with van der Waals surface area (Å²) >= 11 is 2.06. The van der Waals surface area contributed by atoms with Crippen LogP contribution in [0.25, 0.3) is 0 Å². The number of nitrogens with zero attached hydrogens (tertiary/aromatic N) is 2. The Morgan fingerprint density at radius 1 is 1.25 bits per heavy atom. The largest absolute Gasteiger partial charge is 0.363 e. The van der Waals surface area contributed by atoms with E-state index in [1.54, 1.807) is 18.2 Å². The average molecular weight is 405 g/mol. The first-order valence-electron chi connectivity index (χ1n) is 5.27. The van der Waals surface area contributed by atoms with E-state index in [1.165, 1.54) is 0 Å². The van der Waals surface area contributed by atoms with E-state index in [-0.39, 0.29) is 4.90 Å². The normalized spacial score (nSPS) is 11.1. The smallest absolute Gasteiger partial charge is 0.358 e. The Labute approximate surface area is 128 Å². The monoisotopic (exact) mass is 405 g/mol. The molecule has 7 nitrogen and oxygen atoms in total. The lowest BCUT2D eigenvalue weighted by Crippen LogP contribution is -2.13. The number of benzene rings is 1. The van der Waals surface area contributed by atoms with Gasteiger partial charge in [0.25, 0.3) is 10.0 Å². The summed E-state index contributed by atoms with van der Waals surface area (Å²) < 4.78 is 27.4. The molecule has 0 fully saturated rings. The maximum atomic E-state index is 12.1. The van der Waals surface area contributed by atoms with Crippen LogP contribution in [-0.2, 0) is 10.0 Å². The van der Waals surface area contributed by atoms with Crippen molar-refractivity contribution in [1.82, 2.24) is 4.98 Å². The quantitative estimate of drug-likeness (QED) is 0.478. The minimum atomic E-state index is -3.81. The molecule has 0 aliphatic rings. The Kier molecular flexibility index (Phi) is 4.18. The fourth-order valence-corrected chi connectivity index (χ4v) is 2.94. The molecular formula is C11H8IN3O4S. The lowest BCUT2D eigenvalue weighted by molar-refractivity contribution is -0.389. The van der Waals surface area contributed by atoms with Crippen LogP contribution in [0.15, 0.2) is 47.5 Å². The molecule has 1 aromatic carbocycles. The molecule has 2 rings (SSSR count). The van der Waals surface area contributed by atoms with Gasteiger partial charge in [-0.3, -0.25) is 4.72 Å². The molecule has 0 atom stereocenters. The number of halogens is 1. The van der Waals surface area contributed by atoms with E-state index in [1.807, 2.05) is 6.07 Å². The van der Waals surface area contributed by atoms with Crippen molar-refractivity contribution in [3.05, 3.63) is 56.3 Å². The summed E-state index contributed by atoms with van der Waals surface area (Å²) in [4.78, 5) is 13.1. The predicted molar refractivity (Wildman–Crippen MR) is 80.9 cm³/mol. The van der Waals surface area contributed by atoms with E-state index in [0.717, 1.165) is 21.9 Å². The first-order valence-corrected chi connectivity index (χ1v) is 7.83. The number of sulfonamides is 1. The molecular weight excluding hydrogens is 397 g/mol. The third-order valence-corrected chi connectivity index (χ3v) is 4.33. The molecule has 0 unspecified atom stereocenters. The first-order chi connectivity index (χ1) is 9.38. The SMILES string of the molecule is O=[N+]([O-])c1ccc(S(=O)(=O)Nc2cccc(I)c2)cn1. The van der Waals surface area contributed by atoms with Crippen LogP contribution < -0.4 is 4.72 Å². The van der Waals surface area contributed by atoms with Crippen molar-refractivity contribution in [3.63, 3.8) is 0 Å². The number of rotatable bonds is 4. The highest BCUT2D eigenvalue weighted by atomic mass is 127. The number of anilines is 1. The second kappa shape index (κ2) is 5.71. The molecule has 1 aromatic heterocycles. The van der Waals surface area contributed by atoms with Crippen molar-refractivity contribution < 1.29 is 13.3 Å². The topological polar surface area (TPSA) is 102 Å². The molecule has 0 saturated carbocycles. The predicted octanol–water partition coefficient (Wildman–Crippen LogP) is 2.40. The van der Waals surface area contributed by atoms with Gasteiger partial charge >= 0.3 is 5.82 Å². The lowest BCUT2D eigenvalue weighted by atomic mass is 10.3. The standard InChI is InChI=1S/C11H8IN3O4S/c12-8-2-1-3-9(6-8)14-20(18,19)10-4-5-11(13-7-10)15(16)17/h1-7,14H. The van der Waals surface area contributed by atoms with Crippen LogP contribution in [0.2, 0.25) is 0 Å². The van der Waals surface area contributed by atoms with Crippen molar-refractivity contribution in [1.29, 1.82) is 0 Å². The first kappa shape index (κ1) is 14.7. The van der Waals surface area contributed by atoms with Crippen LogP contribution in [0.1, 0.15) is 0 Å². The van der Waals surface area contributed by atoms with Gasteiger partial charge in [-0.1, -0.05) is 6.07 Å². The summed E-state index contributed by atoms with van der Waals surface area (Å²) in [6, 6.07) is 9.00. The fraction of sp³-hybridized carbons (Fsp3) is 0. The minimum Gasteiger partial charge on any atom is -0.358 e. The van der Waals surface area contributed by atoms with Crippen molar-refractivity contribution >= 4 is 44.1 Å². The summed E-state index contributed by atoms with van der Waals surface area (Å²) in [6.45, 7) is 0. The van der Waals surface area contributed by atoms with Crippen LogP contribution in [0.5, 0.6) is 0 Å². The van der Waals surface area contributed by atoms with E-state index >= 15 is 0 Å². The molecule has 2 aromatic rings. The van der Waals surface area contributed by atoms with Gasteiger partial charge in [0, 0.05) is 15.3 Å². The zero-order chi connectivity index (χ0) is 14.8. The van der Waals surface area contributed by atoms with Crippen molar-refractivity contribution in [3.8, 4) is 0 Å². The molecule has 0 saturated heterocycles.